The third-order valence-corrected chi connectivity index (χ3v) is 6.04. The van der Waals surface area contributed by atoms with Crippen molar-refractivity contribution in [3.8, 4) is 0 Å². The number of aryl methyl sites for hydroxylation is 1. The molecule has 1 fully saturated rings. The van der Waals surface area contributed by atoms with Crippen molar-refractivity contribution in [2.45, 2.75) is 32.2 Å². The van der Waals surface area contributed by atoms with E-state index in [1.165, 1.54) is 12.0 Å². The number of hydrogen-bond acceptors (Lipinski definition) is 2. The molecule has 0 unspecified atom stereocenters. The van der Waals surface area contributed by atoms with Crippen LogP contribution in [-0.4, -0.2) is 29.0 Å². The van der Waals surface area contributed by atoms with E-state index in [-0.39, 0.29) is 11.9 Å². The van der Waals surface area contributed by atoms with Gasteiger partial charge in [-0.2, -0.15) is 0 Å². The lowest BCUT2D eigenvalue weighted by Gasteiger charge is -2.26. The molecule has 2 N–H and O–H groups in total. The number of likely N-dealkylation sites (tertiary alicyclic amines) is 1. The molecule has 1 heterocycles. The number of rotatable bonds is 5. The fourth-order valence-corrected chi connectivity index (χ4v) is 4.36. The molecule has 164 valence electrons. The Morgan fingerprint density at radius 2 is 1.56 bits per heavy atom. The molecule has 0 spiro atoms. The van der Waals surface area contributed by atoms with Crippen LogP contribution < -0.4 is 10.6 Å². The number of carbonyl (C=O) groups is 1. The quantitative estimate of drug-likeness (QED) is 0.497. The first-order valence-electron chi connectivity index (χ1n) is 11.2. The highest BCUT2D eigenvalue weighted by molar-refractivity contribution is 7.80. The number of benzene rings is 3. The van der Waals surface area contributed by atoms with Gasteiger partial charge in [0.05, 0.1) is 6.04 Å². The highest BCUT2D eigenvalue weighted by atomic mass is 32.1. The molecule has 1 saturated heterocycles. The molecule has 1 aliphatic heterocycles. The second kappa shape index (κ2) is 10.4. The lowest BCUT2D eigenvalue weighted by atomic mass is 9.97. The molecule has 1 aliphatic rings. The van der Waals surface area contributed by atoms with Gasteiger partial charge in [-0.3, -0.25) is 4.79 Å². The average Bonchev–Trinajstić information content (AvgIpc) is 2.84. The number of hydrogen-bond donors (Lipinski definition) is 2. The van der Waals surface area contributed by atoms with E-state index in [0.29, 0.717) is 5.11 Å². The van der Waals surface area contributed by atoms with Crippen LogP contribution in [0.15, 0.2) is 78.9 Å². The summed E-state index contributed by atoms with van der Waals surface area (Å²) in [4.78, 5) is 14.6. The summed E-state index contributed by atoms with van der Waals surface area (Å²) in [6.45, 7) is 3.80. The zero-order chi connectivity index (χ0) is 22.3. The van der Waals surface area contributed by atoms with Gasteiger partial charge in [-0.15, -0.1) is 0 Å². The number of anilines is 1. The van der Waals surface area contributed by atoms with E-state index in [1.54, 1.807) is 0 Å². The first-order chi connectivity index (χ1) is 15.6. The Kier molecular flexibility index (Phi) is 7.17. The predicted molar refractivity (Wildman–Crippen MR) is 135 cm³/mol. The lowest BCUT2D eigenvalue weighted by Crippen LogP contribution is -2.35. The summed E-state index contributed by atoms with van der Waals surface area (Å²) in [5.41, 5.74) is 5.08. The zero-order valence-electron chi connectivity index (χ0n) is 18.4. The van der Waals surface area contributed by atoms with Gasteiger partial charge in [0.1, 0.15) is 0 Å². The van der Waals surface area contributed by atoms with Gasteiger partial charge in [0.2, 0.25) is 0 Å². The van der Waals surface area contributed by atoms with Gasteiger partial charge in [-0.1, -0.05) is 60.2 Å². The number of nitrogens with zero attached hydrogens (tertiary/aromatic N) is 1. The first-order valence-corrected chi connectivity index (χ1v) is 11.6. The third kappa shape index (κ3) is 5.54. The molecule has 3 aromatic rings. The van der Waals surface area contributed by atoms with Crippen LogP contribution in [0.3, 0.4) is 0 Å². The van der Waals surface area contributed by atoms with E-state index in [0.717, 1.165) is 48.3 Å². The van der Waals surface area contributed by atoms with E-state index in [9.17, 15) is 4.79 Å². The zero-order valence-corrected chi connectivity index (χ0v) is 19.2. The standard InChI is InChI=1S/C27H29N3OS/c1-20-9-8-12-23(19-20)25(21-10-4-2-5-11-21)29-27(32)28-24-15-13-22(14-16-24)26(31)30-17-6-3-7-18-30/h2,4-5,8-16,19,25H,3,6-7,17-18H2,1H3,(H2,28,29,32)/t25-/m0/s1. The smallest absolute Gasteiger partial charge is 0.253 e. The van der Waals surface area contributed by atoms with Crippen molar-refractivity contribution in [3.05, 3.63) is 101 Å². The number of thiocarbonyl (C=S) groups is 1. The summed E-state index contributed by atoms with van der Waals surface area (Å²) in [6.07, 6.45) is 3.40. The molecule has 0 radical (unpaired) electrons. The molecule has 5 heteroatoms. The van der Waals surface area contributed by atoms with Crippen LogP contribution in [0, 0.1) is 6.92 Å². The third-order valence-electron chi connectivity index (χ3n) is 5.82. The van der Waals surface area contributed by atoms with E-state index in [4.69, 9.17) is 12.2 Å². The highest BCUT2D eigenvalue weighted by Gasteiger charge is 2.18. The molecule has 0 saturated carbocycles. The van der Waals surface area contributed by atoms with Gasteiger partial charge in [-0.05, 0) is 73.8 Å². The number of piperidine rings is 1. The number of nitrogens with one attached hydrogen (secondary N) is 2. The van der Waals surface area contributed by atoms with Crippen molar-refractivity contribution in [2.75, 3.05) is 18.4 Å². The van der Waals surface area contributed by atoms with Crippen molar-refractivity contribution >= 4 is 28.9 Å². The van der Waals surface area contributed by atoms with Gasteiger partial charge < -0.3 is 15.5 Å². The van der Waals surface area contributed by atoms with Gasteiger partial charge in [0.15, 0.2) is 5.11 Å². The number of carbonyl (C=O) groups excluding carboxylic acids is 1. The fourth-order valence-electron chi connectivity index (χ4n) is 4.13. The minimum atomic E-state index is -0.0592. The summed E-state index contributed by atoms with van der Waals surface area (Å²) in [5, 5.41) is 7.26. The van der Waals surface area contributed by atoms with E-state index in [2.05, 4.69) is 54.0 Å². The predicted octanol–water partition coefficient (Wildman–Crippen LogP) is 5.70. The summed E-state index contributed by atoms with van der Waals surface area (Å²) in [6, 6.07) is 26.2. The maximum atomic E-state index is 12.7. The molecule has 1 atom stereocenters. The molecule has 0 aliphatic carbocycles. The van der Waals surface area contributed by atoms with E-state index >= 15 is 0 Å². The molecular weight excluding hydrogens is 414 g/mol. The van der Waals surface area contributed by atoms with Crippen molar-refractivity contribution in [3.63, 3.8) is 0 Å². The molecule has 32 heavy (non-hydrogen) atoms. The first kappa shape index (κ1) is 22.0. The van der Waals surface area contributed by atoms with Crippen molar-refractivity contribution < 1.29 is 4.79 Å². The lowest BCUT2D eigenvalue weighted by molar-refractivity contribution is 0.0724. The number of amides is 1. The Bertz CT molecular complexity index is 1060. The van der Waals surface area contributed by atoms with Crippen LogP contribution in [0.5, 0.6) is 0 Å². The van der Waals surface area contributed by atoms with Crippen molar-refractivity contribution in [2.24, 2.45) is 0 Å². The summed E-state index contributed by atoms with van der Waals surface area (Å²) in [7, 11) is 0. The van der Waals surface area contributed by atoms with Crippen molar-refractivity contribution in [1.82, 2.24) is 10.2 Å². The Balaban J connectivity index is 1.44. The summed E-state index contributed by atoms with van der Waals surface area (Å²) in [5.74, 6) is 0.112. The van der Waals surface area contributed by atoms with E-state index < -0.39 is 0 Å². The largest absolute Gasteiger partial charge is 0.352 e. The van der Waals surface area contributed by atoms with Crippen LogP contribution in [0.4, 0.5) is 5.69 Å². The molecule has 0 aromatic heterocycles. The van der Waals surface area contributed by atoms with Crippen LogP contribution in [-0.2, 0) is 0 Å². The second-order valence-electron chi connectivity index (χ2n) is 8.29. The van der Waals surface area contributed by atoms with Crippen LogP contribution in [0.1, 0.15) is 52.4 Å². The summed E-state index contributed by atoms with van der Waals surface area (Å²) < 4.78 is 0. The second-order valence-corrected chi connectivity index (χ2v) is 8.69. The monoisotopic (exact) mass is 443 g/mol. The highest BCUT2D eigenvalue weighted by Crippen LogP contribution is 2.23. The maximum absolute atomic E-state index is 12.7. The topological polar surface area (TPSA) is 44.4 Å². The molecular formula is C27H29N3OS. The van der Waals surface area contributed by atoms with Gasteiger partial charge in [0, 0.05) is 24.3 Å². The SMILES string of the molecule is Cc1cccc([C@@H](NC(=S)Nc2ccc(C(=O)N3CCCCC3)cc2)c2ccccc2)c1. The molecule has 0 bridgehead atoms. The van der Waals surface area contributed by atoms with Crippen molar-refractivity contribution in [1.29, 1.82) is 0 Å². The van der Waals surface area contributed by atoms with Crippen LogP contribution in [0.2, 0.25) is 0 Å². The molecule has 3 aromatic carbocycles. The van der Waals surface area contributed by atoms with E-state index in [1.807, 2.05) is 47.4 Å². The van der Waals surface area contributed by atoms with Gasteiger partial charge >= 0.3 is 0 Å². The minimum absolute atomic E-state index is 0.0592. The van der Waals surface area contributed by atoms with Crippen LogP contribution >= 0.6 is 12.2 Å². The Hall–Kier alpha value is -3.18. The average molecular weight is 444 g/mol. The molecule has 4 rings (SSSR count). The normalized spacial score (nSPS) is 14.5. The van der Waals surface area contributed by atoms with Gasteiger partial charge in [-0.25, -0.2) is 0 Å². The minimum Gasteiger partial charge on any atom is -0.352 e. The molecule has 1 amide bonds. The Morgan fingerprint density at radius 1 is 0.875 bits per heavy atom. The maximum Gasteiger partial charge on any atom is 0.253 e. The van der Waals surface area contributed by atoms with Crippen LogP contribution in [0.25, 0.3) is 0 Å². The van der Waals surface area contributed by atoms with Gasteiger partial charge in [0.25, 0.3) is 5.91 Å². The molecule has 4 nitrogen and oxygen atoms in total. The summed E-state index contributed by atoms with van der Waals surface area (Å²) >= 11 is 5.63. The fraction of sp³-hybridized carbons (Fsp3) is 0.259. The Morgan fingerprint density at radius 3 is 2.25 bits per heavy atom. The Labute approximate surface area is 195 Å².